The molecule has 2 rings (SSSR count). The predicted octanol–water partition coefficient (Wildman–Crippen LogP) is 2.89. The van der Waals surface area contributed by atoms with Gasteiger partial charge in [-0.3, -0.25) is 9.59 Å². The summed E-state index contributed by atoms with van der Waals surface area (Å²) in [6.45, 7) is 3.19. The number of carbonyl (C=O) groups excluding carboxylic acids is 3. The molecule has 0 heterocycles. The molecule has 0 aliphatic carbocycles. The number of hydrogen-bond donors (Lipinski definition) is 2. The zero-order chi connectivity index (χ0) is 20.0. The average molecular weight is 372 g/mol. The molecule has 0 saturated carbocycles. The van der Waals surface area contributed by atoms with Gasteiger partial charge in [0, 0.05) is 12.2 Å². The smallest absolute Gasteiger partial charge is 0.337 e. The summed E-state index contributed by atoms with van der Waals surface area (Å²) in [6.07, 6.45) is 0. The Morgan fingerprint density at radius 1 is 0.963 bits per heavy atom. The van der Waals surface area contributed by atoms with Crippen LogP contribution in [0.3, 0.4) is 0 Å². The number of halogens is 1. The van der Waals surface area contributed by atoms with Gasteiger partial charge in [0.25, 0.3) is 0 Å². The van der Waals surface area contributed by atoms with Gasteiger partial charge in [0.05, 0.1) is 12.7 Å². The molecule has 0 radical (unpaired) electrons. The molecular formula is C20H21FN2O4. The van der Waals surface area contributed by atoms with Crippen molar-refractivity contribution in [3.63, 3.8) is 0 Å². The Kier molecular flexibility index (Phi) is 6.28. The fourth-order valence-corrected chi connectivity index (χ4v) is 2.20. The van der Waals surface area contributed by atoms with E-state index >= 15 is 0 Å². The van der Waals surface area contributed by atoms with Gasteiger partial charge in [-0.25, -0.2) is 9.18 Å². The first-order chi connectivity index (χ1) is 12.7. The summed E-state index contributed by atoms with van der Waals surface area (Å²) in [6, 6.07) is 11.9. The zero-order valence-electron chi connectivity index (χ0n) is 15.3. The normalized spacial score (nSPS) is 10.8. The topological polar surface area (TPSA) is 84.5 Å². The van der Waals surface area contributed by atoms with Gasteiger partial charge in [-0.2, -0.15) is 0 Å². The Hall–Kier alpha value is -3.22. The molecule has 142 valence electrons. The van der Waals surface area contributed by atoms with E-state index in [1.165, 1.54) is 45.2 Å². The maximum absolute atomic E-state index is 12.9. The second-order valence-corrected chi connectivity index (χ2v) is 6.46. The molecule has 0 atom stereocenters. The van der Waals surface area contributed by atoms with Gasteiger partial charge < -0.3 is 15.4 Å². The highest BCUT2D eigenvalue weighted by Crippen LogP contribution is 2.20. The van der Waals surface area contributed by atoms with Crippen LogP contribution < -0.4 is 10.6 Å². The van der Waals surface area contributed by atoms with E-state index in [4.69, 9.17) is 0 Å². The lowest BCUT2D eigenvalue weighted by molar-refractivity contribution is -0.138. The molecule has 27 heavy (non-hydrogen) atoms. The van der Waals surface area contributed by atoms with Crippen LogP contribution in [0.2, 0.25) is 0 Å². The van der Waals surface area contributed by atoms with E-state index in [1.54, 1.807) is 24.3 Å². The van der Waals surface area contributed by atoms with Gasteiger partial charge in [0.1, 0.15) is 11.2 Å². The monoisotopic (exact) mass is 372 g/mol. The van der Waals surface area contributed by atoms with Crippen LogP contribution in [0, 0.1) is 11.2 Å². The minimum atomic E-state index is -1.33. The molecule has 0 aromatic heterocycles. The summed E-state index contributed by atoms with van der Waals surface area (Å²) < 4.78 is 17.5. The molecule has 2 aromatic carbocycles. The van der Waals surface area contributed by atoms with Crippen molar-refractivity contribution in [1.29, 1.82) is 0 Å². The standard InChI is InChI=1S/C20H21FN2O4/c1-20(2,18(25)22-12-13-4-8-15(21)9-5-13)19(26)23-16-10-6-14(7-11-16)17(24)27-3/h4-11H,12H2,1-3H3,(H,22,25)(H,23,26). The van der Waals surface area contributed by atoms with E-state index in [-0.39, 0.29) is 12.4 Å². The van der Waals surface area contributed by atoms with Crippen molar-refractivity contribution in [3.8, 4) is 0 Å². The molecule has 0 bridgehead atoms. The number of methoxy groups -OCH3 is 1. The lowest BCUT2D eigenvalue weighted by atomic mass is 9.90. The SMILES string of the molecule is COC(=O)c1ccc(NC(=O)C(C)(C)C(=O)NCc2ccc(F)cc2)cc1. The number of carbonyl (C=O) groups is 3. The van der Waals surface area contributed by atoms with Crippen LogP contribution in [0.5, 0.6) is 0 Å². The maximum Gasteiger partial charge on any atom is 0.337 e. The molecule has 0 fully saturated rings. The minimum Gasteiger partial charge on any atom is -0.465 e. The second-order valence-electron chi connectivity index (χ2n) is 6.46. The number of amides is 2. The molecule has 2 amide bonds. The molecule has 0 unspecified atom stereocenters. The molecule has 7 heteroatoms. The Bertz CT molecular complexity index is 830. The molecule has 0 spiro atoms. The molecule has 0 aliphatic rings. The summed E-state index contributed by atoms with van der Waals surface area (Å²) in [5.74, 6) is -1.79. The van der Waals surface area contributed by atoms with Crippen molar-refractivity contribution in [2.75, 3.05) is 12.4 Å². The molecule has 0 aliphatic heterocycles. The van der Waals surface area contributed by atoms with Gasteiger partial charge in [-0.05, 0) is 55.8 Å². The van der Waals surface area contributed by atoms with Crippen LogP contribution in [-0.2, 0) is 20.9 Å². The molecule has 2 N–H and O–H groups in total. The average Bonchev–Trinajstić information content (AvgIpc) is 2.67. The van der Waals surface area contributed by atoms with Crippen LogP contribution >= 0.6 is 0 Å². The Morgan fingerprint density at radius 2 is 1.56 bits per heavy atom. The van der Waals surface area contributed by atoms with Crippen LogP contribution in [0.1, 0.15) is 29.8 Å². The Morgan fingerprint density at radius 3 is 2.11 bits per heavy atom. The number of benzene rings is 2. The first-order valence-corrected chi connectivity index (χ1v) is 8.26. The maximum atomic E-state index is 12.9. The van der Waals surface area contributed by atoms with Crippen molar-refractivity contribution in [3.05, 3.63) is 65.5 Å². The van der Waals surface area contributed by atoms with E-state index in [1.807, 2.05) is 0 Å². The van der Waals surface area contributed by atoms with Gasteiger partial charge in [0.15, 0.2) is 0 Å². The highest BCUT2D eigenvalue weighted by molar-refractivity contribution is 6.09. The number of hydrogen-bond acceptors (Lipinski definition) is 4. The first kappa shape index (κ1) is 20.1. The Balaban J connectivity index is 1.97. The lowest BCUT2D eigenvalue weighted by Gasteiger charge is -2.23. The van der Waals surface area contributed by atoms with E-state index in [0.29, 0.717) is 11.3 Å². The third kappa shape index (κ3) is 5.13. The van der Waals surface area contributed by atoms with Crippen molar-refractivity contribution in [2.24, 2.45) is 5.41 Å². The molecule has 6 nitrogen and oxygen atoms in total. The van der Waals surface area contributed by atoms with Crippen LogP contribution in [0.4, 0.5) is 10.1 Å². The Labute approximate surface area is 156 Å². The van der Waals surface area contributed by atoms with Crippen LogP contribution in [0.15, 0.2) is 48.5 Å². The summed E-state index contributed by atoms with van der Waals surface area (Å²) in [4.78, 5) is 36.3. The number of esters is 1. The second kappa shape index (κ2) is 8.44. The van der Waals surface area contributed by atoms with Gasteiger partial charge >= 0.3 is 5.97 Å². The molecular weight excluding hydrogens is 351 g/mol. The predicted molar refractivity (Wildman–Crippen MR) is 98.4 cm³/mol. The summed E-state index contributed by atoms with van der Waals surface area (Å²) in [5, 5.41) is 5.33. The van der Waals surface area contributed by atoms with Crippen LogP contribution in [0.25, 0.3) is 0 Å². The van der Waals surface area contributed by atoms with E-state index < -0.39 is 23.2 Å². The van der Waals surface area contributed by atoms with Crippen molar-refractivity contribution < 1.29 is 23.5 Å². The van der Waals surface area contributed by atoms with Gasteiger partial charge in [-0.15, -0.1) is 0 Å². The van der Waals surface area contributed by atoms with Gasteiger partial charge in [-0.1, -0.05) is 12.1 Å². The number of rotatable bonds is 6. The first-order valence-electron chi connectivity index (χ1n) is 8.26. The third-order valence-electron chi connectivity index (χ3n) is 4.07. The quantitative estimate of drug-likeness (QED) is 0.603. The summed E-state index contributed by atoms with van der Waals surface area (Å²) in [5.41, 5.74) is 0.194. The third-order valence-corrected chi connectivity index (χ3v) is 4.07. The van der Waals surface area contributed by atoms with Crippen molar-refractivity contribution in [2.45, 2.75) is 20.4 Å². The van der Waals surface area contributed by atoms with E-state index in [0.717, 1.165) is 5.56 Å². The van der Waals surface area contributed by atoms with E-state index in [9.17, 15) is 18.8 Å². The summed E-state index contributed by atoms with van der Waals surface area (Å²) >= 11 is 0. The van der Waals surface area contributed by atoms with Crippen molar-refractivity contribution >= 4 is 23.5 Å². The zero-order valence-corrected chi connectivity index (χ0v) is 15.3. The molecule has 2 aromatic rings. The van der Waals surface area contributed by atoms with Crippen LogP contribution in [-0.4, -0.2) is 24.9 Å². The minimum absolute atomic E-state index is 0.184. The highest BCUT2D eigenvalue weighted by Gasteiger charge is 2.35. The van der Waals surface area contributed by atoms with E-state index in [2.05, 4.69) is 15.4 Å². The number of anilines is 1. The fourth-order valence-electron chi connectivity index (χ4n) is 2.20. The van der Waals surface area contributed by atoms with Gasteiger partial charge in [0.2, 0.25) is 11.8 Å². The lowest BCUT2D eigenvalue weighted by Crippen LogP contribution is -2.44. The fraction of sp³-hybridized carbons (Fsp3) is 0.250. The number of ether oxygens (including phenoxy) is 1. The summed E-state index contributed by atoms with van der Waals surface area (Å²) in [7, 11) is 1.28. The van der Waals surface area contributed by atoms with Crippen molar-refractivity contribution in [1.82, 2.24) is 5.32 Å². The largest absolute Gasteiger partial charge is 0.465 e. The molecule has 0 saturated heterocycles. The highest BCUT2D eigenvalue weighted by atomic mass is 19.1. The number of nitrogens with one attached hydrogen (secondary N) is 2.